The first-order chi connectivity index (χ1) is 6.95. The van der Waals surface area contributed by atoms with E-state index in [4.69, 9.17) is 11.6 Å². The number of halogens is 4. The second-order valence-electron chi connectivity index (χ2n) is 3.23. The summed E-state index contributed by atoms with van der Waals surface area (Å²) in [5, 5.41) is -0.345. The van der Waals surface area contributed by atoms with Crippen molar-refractivity contribution in [3.05, 3.63) is 28.5 Å². The lowest BCUT2D eigenvalue weighted by Gasteiger charge is -2.09. The van der Waals surface area contributed by atoms with Gasteiger partial charge in [0.15, 0.2) is 5.69 Å². The van der Waals surface area contributed by atoms with Gasteiger partial charge in [-0.05, 0) is 25.0 Å². The smallest absolute Gasteiger partial charge is 0.247 e. The van der Waals surface area contributed by atoms with E-state index in [1.54, 1.807) is 0 Å². The summed E-state index contributed by atoms with van der Waals surface area (Å²) in [5.41, 5.74) is -0.550. The van der Waals surface area contributed by atoms with Gasteiger partial charge in [-0.15, -0.1) is 0 Å². The van der Waals surface area contributed by atoms with Gasteiger partial charge in [-0.1, -0.05) is 24.9 Å². The van der Waals surface area contributed by atoms with Crippen LogP contribution in [0.2, 0.25) is 5.02 Å². The van der Waals surface area contributed by atoms with E-state index in [-0.39, 0.29) is 5.02 Å². The molecule has 0 aliphatic carbocycles. The quantitative estimate of drug-likeness (QED) is 0.771. The van der Waals surface area contributed by atoms with E-state index < -0.39 is 11.9 Å². The average Bonchev–Trinajstić information content (AvgIpc) is 2.15. The van der Waals surface area contributed by atoms with Gasteiger partial charge in [0.25, 0.3) is 0 Å². The van der Waals surface area contributed by atoms with Crippen molar-refractivity contribution in [1.29, 1.82) is 0 Å². The lowest BCUT2D eigenvalue weighted by Crippen LogP contribution is -2.10. The van der Waals surface area contributed by atoms with Crippen LogP contribution >= 0.6 is 11.6 Å². The molecule has 0 unspecified atom stereocenters. The lowest BCUT2D eigenvalue weighted by atomic mass is 10.2. The highest BCUT2D eigenvalue weighted by molar-refractivity contribution is 6.31. The fourth-order valence-electron chi connectivity index (χ4n) is 1.18. The zero-order valence-electron chi connectivity index (χ0n) is 8.24. The Labute approximate surface area is 91.3 Å². The Bertz CT molecular complexity index is 336. The summed E-state index contributed by atoms with van der Waals surface area (Å²) < 4.78 is 37.2. The van der Waals surface area contributed by atoms with Crippen LogP contribution in [0.3, 0.4) is 0 Å². The van der Waals surface area contributed by atoms with Crippen molar-refractivity contribution in [2.24, 2.45) is 0 Å². The molecule has 0 amide bonds. The molecule has 5 heteroatoms. The highest BCUT2D eigenvalue weighted by Gasteiger charge is 2.35. The second-order valence-corrected chi connectivity index (χ2v) is 3.64. The number of hydrogen-bond acceptors (Lipinski definition) is 1. The number of alkyl halides is 3. The van der Waals surface area contributed by atoms with Crippen molar-refractivity contribution >= 4 is 11.6 Å². The van der Waals surface area contributed by atoms with Crippen LogP contribution in [0.15, 0.2) is 12.1 Å². The van der Waals surface area contributed by atoms with Crippen molar-refractivity contribution in [3.8, 4) is 0 Å². The zero-order chi connectivity index (χ0) is 11.5. The van der Waals surface area contributed by atoms with Crippen LogP contribution in [0, 0.1) is 0 Å². The molecule has 0 bridgehead atoms. The van der Waals surface area contributed by atoms with E-state index in [1.165, 1.54) is 12.1 Å². The molecule has 1 aromatic heterocycles. The fourth-order valence-corrected chi connectivity index (χ4v) is 1.39. The van der Waals surface area contributed by atoms with Crippen LogP contribution in [-0.4, -0.2) is 4.98 Å². The number of aryl methyl sites for hydroxylation is 1. The Morgan fingerprint density at radius 3 is 2.53 bits per heavy atom. The number of rotatable bonds is 3. The fraction of sp³-hybridized carbons (Fsp3) is 0.500. The molecule has 0 radical (unpaired) electrons. The number of unbranched alkanes of at least 4 members (excludes halogenated alkanes) is 1. The predicted octanol–water partition coefficient (Wildman–Crippen LogP) is 4.10. The molecular formula is C10H11ClF3N. The van der Waals surface area contributed by atoms with Gasteiger partial charge in [0, 0.05) is 5.69 Å². The summed E-state index contributed by atoms with van der Waals surface area (Å²) >= 11 is 5.43. The van der Waals surface area contributed by atoms with Gasteiger partial charge in [0.1, 0.15) is 0 Å². The first-order valence-electron chi connectivity index (χ1n) is 4.67. The summed E-state index contributed by atoms with van der Waals surface area (Å²) in [4.78, 5) is 3.52. The molecule has 0 aromatic carbocycles. The summed E-state index contributed by atoms with van der Waals surface area (Å²) in [6, 6.07) is 2.79. The average molecular weight is 238 g/mol. The Kier molecular flexibility index (Phi) is 3.97. The van der Waals surface area contributed by atoms with Crippen LogP contribution in [0.1, 0.15) is 31.2 Å². The monoisotopic (exact) mass is 237 g/mol. The predicted molar refractivity (Wildman–Crippen MR) is 52.9 cm³/mol. The Hall–Kier alpha value is -0.770. The van der Waals surface area contributed by atoms with E-state index in [1.807, 2.05) is 6.92 Å². The third-order valence-electron chi connectivity index (χ3n) is 1.96. The molecular weight excluding hydrogens is 227 g/mol. The molecule has 1 heterocycles. The standard InChI is InChI=1S/C10H11ClF3N/c1-2-3-4-7-5-6-8(11)9(15-7)10(12,13)14/h5-6H,2-4H2,1H3. The zero-order valence-corrected chi connectivity index (χ0v) is 8.99. The maximum Gasteiger partial charge on any atom is 0.434 e. The molecule has 1 nitrogen and oxygen atoms in total. The molecule has 0 N–H and O–H groups in total. The van der Waals surface area contributed by atoms with E-state index in [0.717, 1.165) is 12.8 Å². The molecule has 1 rings (SSSR count). The minimum atomic E-state index is -4.47. The maximum atomic E-state index is 12.4. The van der Waals surface area contributed by atoms with Crippen molar-refractivity contribution in [1.82, 2.24) is 4.98 Å². The van der Waals surface area contributed by atoms with Gasteiger partial charge in [0.05, 0.1) is 5.02 Å². The topological polar surface area (TPSA) is 12.9 Å². The maximum absolute atomic E-state index is 12.4. The van der Waals surface area contributed by atoms with Gasteiger partial charge < -0.3 is 0 Å². The molecule has 1 aromatic rings. The van der Waals surface area contributed by atoms with Gasteiger partial charge >= 0.3 is 6.18 Å². The third kappa shape index (κ3) is 3.38. The van der Waals surface area contributed by atoms with Gasteiger partial charge in [-0.2, -0.15) is 13.2 Å². The first kappa shape index (κ1) is 12.3. The molecule has 0 aliphatic rings. The highest BCUT2D eigenvalue weighted by atomic mass is 35.5. The van der Waals surface area contributed by atoms with Crippen molar-refractivity contribution < 1.29 is 13.2 Å². The second kappa shape index (κ2) is 4.84. The Morgan fingerprint density at radius 1 is 1.33 bits per heavy atom. The summed E-state index contributed by atoms with van der Waals surface area (Å²) in [6.45, 7) is 1.97. The van der Waals surface area contributed by atoms with E-state index in [9.17, 15) is 13.2 Å². The van der Waals surface area contributed by atoms with Crippen LogP contribution in [0.25, 0.3) is 0 Å². The molecule has 0 saturated carbocycles. The number of pyridine rings is 1. The van der Waals surface area contributed by atoms with Crippen LogP contribution in [0.5, 0.6) is 0 Å². The summed E-state index contributed by atoms with van der Waals surface area (Å²) in [6.07, 6.45) is -2.17. The first-order valence-corrected chi connectivity index (χ1v) is 5.05. The van der Waals surface area contributed by atoms with Crippen LogP contribution in [-0.2, 0) is 12.6 Å². The number of aromatic nitrogens is 1. The molecule has 0 fully saturated rings. The summed E-state index contributed by atoms with van der Waals surface area (Å²) in [7, 11) is 0. The van der Waals surface area contributed by atoms with Crippen molar-refractivity contribution in [2.75, 3.05) is 0 Å². The normalized spacial score (nSPS) is 11.8. The van der Waals surface area contributed by atoms with Crippen LogP contribution < -0.4 is 0 Å². The minimum absolute atomic E-state index is 0.345. The molecule has 0 spiro atoms. The third-order valence-corrected chi connectivity index (χ3v) is 2.26. The molecule has 84 valence electrons. The van der Waals surface area contributed by atoms with Gasteiger partial charge in [0.2, 0.25) is 0 Å². The number of hydrogen-bond donors (Lipinski definition) is 0. The summed E-state index contributed by atoms with van der Waals surface area (Å²) in [5.74, 6) is 0. The SMILES string of the molecule is CCCCc1ccc(Cl)c(C(F)(F)F)n1. The lowest BCUT2D eigenvalue weighted by molar-refractivity contribution is -0.141. The molecule has 0 aliphatic heterocycles. The minimum Gasteiger partial charge on any atom is -0.247 e. The van der Waals surface area contributed by atoms with E-state index in [0.29, 0.717) is 12.1 Å². The highest BCUT2D eigenvalue weighted by Crippen LogP contribution is 2.33. The molecule has 0 atom stereocenters. The van der Waals surface area contributed by atoms with Crippen molar-refractivity contribution in [2.45, 2.75) is 32.4 Å². The van der Waals surface area contributed by atoms with Gasteiger partial charge in [-0.25, -0.2) is 4.98 Å². The van der Waals surface area contributed by atoms with E-state index >= 15 is 0 Å². The largest absolute Gasteiger partial charge is 0.434 e. The Morgan fingerprint density at radius 2 is 2.00 bits per heavy atom. The van der Waals surface area contributed by atoms with Crippen molar-refractivity contribution in [3.63, 3.8) is 0 Å². The Balaban J connectivity index is 2.95. The van der Waals surface area contributed by atoms with Crippen LogP contribution in [0.4, 0.5) is 13.2 Å². The van der Waals surface area contributed by atoms with Gasteiger partial charge in [-0.3, -0.25) is 0 Å². The van der Waals surface area contributed by atoms with E-state index in [2.05, 4.69) is 4.98 Å². The molecule has 15 heavy (non-hydrogen) atoms. The number of nitrogens with zero attached hydrogens (tertiary/aromatic N) is 1. The molecule has 0 saturated heterocycles.